The summed E-state index contributed by atoms with van der Waals surface area (Å²) in [5.41, 5.74) is 6.34. The third kappa shape index (κ3) is 1.84. The molecule has 0 spiro atoms. The molecular weight excluding hydrogens is 230 g/mol. The SMILES string of the molecule is NCC(C(=O)O)c1ccc2sc(=O)oc2c1. The van der Waals surface area contributed by atoms with Crippen LogP contribution in [0.2, 0.25) is 0 Å². The van der Waals surface area contributed by atoms with Crippen molar-refractivity contribution in [2.24, 2.45) is 5.73 Å². The Morgan fingerprint density at radius 1 is 1.56 bits per heavy atom. The number of nitrogens with two attached hydrogens (primary N) is 1. The van der Waals surface area contributed by atoms with E-state index in [2.05, 4.69) is 0 Å². The average molecular weight is 239 g/mol. The molecule has 0 aliphatic rings. The zero-order chi connectivity index (χ0) is 11.7. The number of benzene rings is 1. The number of carboxylic acid groups (broad SMARTS) is 1. The Balaban J connectivity index is 2.53. The van der Waals surface area contributed by atoms with E-state index < -0.39 is 16.8 Å². The van der Waals surface area contributed by atoms with Gasteiger partial charge in [-0.15, -0.1) is 0 Å². The molecule has 3 N–H and O–H groups in total. The van der Waals surface area contributed by atoms with Crippen molar-refractivity contribution in [3.8, 4) is 0 Å². The van der Waals surface area contributed by atoms with Crippen LogP contribution in [0, 0.1) is 0 Å². The molecule has 2 aromatic rings. The lowest BCUT2D eigenvalue weighted by Gasteiger charge is -2.08. The summed E-state index contributed by atoms with van der Waals surface area (Å²) in [4.78, 5) is 21.5. The van der Waals surface area contributed by atoms with Crippen molar-refractivity contribution in [2.75, 3.05) is 6.54 Å². The lowest BCUT2D eigenvalue weighted by atomic mass is 9.99. The van der Waals surface area contributed by atoms with Crippen molar-refractivity contribution in [1.29, 1.82) is 0 Å². The standard InChI is InChI=1S/C10H9NO4S/c11-4-6(9(12)13)5-1-2-8-7(3-5)15-10(14)16-8/h1-3,6H,4,11H2,(H,12,13). The van der Waals surface area contributed by atoms with Crippen molar-refractivity contribution in [2.45, 2.75) is 5.92 Å². The Morgan fingerprint density at radius 3 is 2.94 bits per heavy atom. The normalized spacial score (nSPS) is 12.8. The third-order valence-electron chi connectivity index (χ3n) is 2.29. The Morgan fingerprint density at radius 2 is 2.31 bits per heavy atom. The van der Waals surface area contributed by atoms with Gasteiger partial charge in [0.2, 0.25) is 0 Å². The number of hydrogen-bond acceptors (Lipinski definition) is 5. The molecule has 1 aromatic heterocycles. The number of carboxylic acids is 1. The second kappa shape index (κ2) is 4.07. The van der Waals surface area contributed by atoms with Gasteiger partial charge in [0.25, 0.3) is 0 Å². The van der Waals surface area contributed by atoms with Gasteiger partial charge in [-0.1, -0.05) is 17.4 Å². The summed E-state index contributed by atoms with van der Waals surface area (Å²) in [6, 6.07) is 4.88. The van der Waals surface area contributed by atoms with E-state index in [-0.39, 0.29) is 6.54 Å². The third-order valence-corrected chi connectivity index (χ3v) is 3.10. The van der Waals surface area contributed by atoms with Gasteiger partial charge in [-0.25, -0.2) is 4.79 Å². The van der Waals surface area contributed by atoms with Crippen LogP contribution in [0.25, 0.3) is 10.3 Å². The first-order valence-corrected chi connectivity index (χ1v) is 5.40. The van der Waals surface area contributed by atoms with Gasteiger partial charge >= 0.3 is 10.9 Å². The topological polar surface area (TPSA) is 93.5 Å². The van der Waals surface area contributed by atoms with Crippen molar-refractivity contribution < 1.29 is 14.3 Å². The highest BCUT2D eigenvalue weighted by molar-refractivity contribution is 7.16. The fourth-order valence-electron chi connectivity index (χ4n) is 1.49. The van der Waals surface area contributed by atoms with Crippen molar-refractivity contribution >= 4 is 27.6 Å². The fraction of sp³-hybridized carbons (Fsp3) is 0.200. The largest absolute Gasteiger partial charge is 0.481 e. The molecular formula is C10H9NO4S. The molecule has 0 bridgehead atoms. The summed E-state index contributed by atoms with van der Waals surface area (Å²) in [5.74, 6) is -1.76. The van der Waals surface area contributed by atoms with E-state index >= 15 is 0 Å². The minimum Gasteiger partial charge on any atom is -0.481 e. The molecule has 0 aliphatic heterocycles. The maximum Gasteiger partial charge on any atom is 0.396 e. The van der Waals surface area contributed by atoms with E-state index in [9.17, 15) is 9.59 Å². The minimum absolute atomic E-state index is 0.00914. The van der Waals surface area contributed by atoms with E-state index in [4.69, 9.17) is 15.3 Å². The van der Waals surface area contributed by atoms with E-state index in [1.807, 2.05) is 0 Å². The quantitative estimate of drug-likeness (QED) is 0.832. The molecule has 0 saturated heterocycles. The van der Waals surface area contributed by atoms with E-state index in [1.165, 1.54) is 0 Å². The molecule has 1 heterocycles. The van der Waals surface area contributed by atoms with Crippen LogP contribution >= 0.6 is 11.3 Å². The highest BCUT2D eigenvalue weighted by Gasteiger charge is 2.18. The Hall–Kier alpha value is -1.66. The van der Waals surface area contributed by atoms with E-state index in [0.717, 1.165) is 11.3 Å². The van der Waals surface area contributed by atoms with Gasteiger partial charge in [0.15, 0.2) is 0 Å². The summed E-state index contributed by atoms with van der Waals surface area (Å²) in [6.07, 6.45) is 0. The minimum atomic E-state index is -0.987. The highest BCUT2D eigenvalue weighted by Crippen LogP contribution is 2.23. The molecule has 0 aliphatic carbocycles. The Labute approximate surface area is 94.1 Å². The molecule has 0 saturated carbocycles. The fourth-order valence-corrected chi connectivity index (χ4v) is 2.13. The van der Waals surface area contributed by atoms with Crippen LogP contribution in [0.1, 0.15) is 11.5 Å². The second-order valence-corrected chi connectivity index (χ2v) is 4.26. The maximum absolute atomic E-state index is 11.0. The van der Waals surface area contributed by atoms with Gasteiger partial charge in [-0.3, -0.25) is 4.79 Å². The molecule has 1 atom stereocenters. The van der Waals surface area contributed by atoms with Crippen LogP contribution in [0.4, 0.5) is 0 Å². The molecule has 1 aromatic carbocycles. The van der Waals surface area contributed by atoms with E-state index in [0.29, 0.717) is 15.8 Å². The first-order valence-electron chi connectivity index (χ1n) is 4.58. The van der Waals surface area contributed by atoms with Crippen LogP contribution in [0.3, 0.4) is 0 Å². The van der Waals surface area contributed by atoms with Crippen LogP contribution in [0.15, 0.2) is 27.4 Å². The smallest absolute Gasteiger partial charge is 0.396 e. The van der Waals surface area contributed by atoms with Gasteiger partial charge in [0.05, 0.1) is 10.6 Å². The summed E-state index contributed by atoms with van der Waals surface area (Å²) >= 11 is 0.988. The average Bonchev–Trinajstić information content (AvgIpc) is 2.57. The maximum atomic E-state index is 11.0. The molecule has 0 amide bonds. The molecule has 0 radical (unpaired) electrons. The lowest BCUT2D eigenvalue weighted by Crippen LogP contribution is -2.20. The zero-order valence-corrected chi connectivity index (χ0v) is 8.99. The van der Waals surface area contributed by atoms with Crippen molar-refractivity contribution in [3.05, 3.63) is 33.5 Å². The van der Waals surface area contributed by atoms with Gasteiger partial charge in [-0.2, -0.15) is 0 Å². The summed E-state index contributed by atoms with van der Waals surface area (Å²) < 4.78 is 5.62. The van der Waals surface area contributed by atoms with E-state index in [1.54, 1.807) is 18.2 Å². The van der Waals surface area contributed by atoms with Crippen molar-refractivity contribution in [3.63, 3.8) is 0 Å². The van der Waals surface area contributed by atoms with Gasteiger partial charge in [0, 0.05) is 6.54 Å². The van der Waals surface area contributed by atoms with Crippen LogP contribution in [-0.4, -0.2) is 17.6 Å². The first-order chi connectivity index (χ1) is 7.61. The first kappa shape index (κ1) is 10.8. The zero-order valence-electron chi connectivity index (χ0n) is 8.17. The van der Waals surface area contributed by atoms with Crippen LogP contribution in [-0.2, 0) is 4.79 Å². The molecule has 0 fully saturated rings. The number of rotatable bonds is 3. The number of carbonyl (C=O) groups is 1. The number of fused-ring (bicyclic) bond motifs is 1. The monoisotopic (exact) mass is 239 g/mol. The Kier molecular flexibility index (Phi) is 2.76. The second-order valence-electron chi connectivity index (χ2n) is 3.29. The lowest BCUT2D eigenvalue weighted by molar-refractivity contribution is -0.138. The van der Waals surface area contributed by atoms with Gasteiger partial charge < -0.3 is 15.3 Å². The molecule has 16 heavy (non-hydrogen) atoms. The summed E-state index contributed by atoms with van der Waals surface area (Å²) in [6.45, 7) is 0.00914. The predicted octanol–water partition coefficient (Wildman–Crippen LogP) is 0.981. The van der Waals surface area contributed by atoms with Gasteiger partial charge in [0.1, 0.15) is 5.58 Å². The molecule has 6 heteroatoms. The molecule has 84 valence electrons. The van der Waals surface area contributed by atoms with Crippen LogP contribution in [0.5, 0.6) is 0 Å². The molecule has 2 rings (SSSR count). The van der Waals surface area contributed by atoms with Crippen molar-refractivity contribution in [1.82, 2.24) is 0 Å². The predicted molar refractivity (Wildman–Crippen MR) is 59.8 cm³/mol. The Bertz CT molecular complexity index is 586. The number of hydrogen-bond donors (Lipinski definition) is 2. The summed E-state index contributed by atoms with van der Waals surface area (Å²) in [7, 11) is 0. The summed E-state index contributed by atoms with van der Waals surface area (Å²) in [5, 5.41) is 8.93. The van der Waals surface area contributed by atoms with Crippen LogP contribution < -0.4 is 10.7 Å². The highest BCUT2D eigenvalue weighted by atomic mass is 32.1. The van der Waals surface area contributed by atoms with Gasteiger partial charge in [-0.05, 0) is 17.7 Å². The molecule has 1 unspecified atom stereocenters. The number of aliphatic carboxylic acids is 1. The molecule has 5 nitrogen and oxygen atoms in total.